The van der Waals surface area contributed by atoms with Crippen LogP contribution in [-0.4, -0.2) is 33.0 Å². The van der Waals surface area contributed by atoms with Crippen LogP contribution >= 0.6 is 11.6 Å². The second-order valence-electron chi connectivity index (χ2n) is 5.71. The third-order valence-corrected chi connectivity index (χ3v) is 4.39. The Labute approximate surface area is 144 Å². The summed E-state index contributed by atoms with van der Waals surface area (Å²) in [6.45, 7) is 2.78. The van der Waals surface area contributed by atoms with Crippen molar-refractivity contribution in [2.45, 2.75) is 19.3 Å². The first-order chi connectivity index (χ1) is 11.8. The van der Waals surface area contributed by atoms with Gasteiger partial charge in [0, 0.05) is 11.6 Å². The molecule has 0 aliphatic carbocycles. The van der Waals surface area contributed by atoms with Gasteiger partial charge in [-0.1, -0.05) is 35.0 Å². The van der Waals surface area contributed by atoms with Gasteiger partial charge >= 0.3 is 0 Å². The van der Waals surface area contributed by atoms with Gasteiger partial charge in [0.25, 0.3) is 0 Å². The highest BCUT2D eigenvalue weighted by Crippen LogP contribution is 2.27. The highest BCUT2D eigenvalue weighted by molar-refractivity contribution is 6.31. The number of hydrogen-bond donors (Lipinski definition) is 0. The normalized spacial score (nSPS) is 18.3. The molecule has 0 radical (unpaired) electrons. The first kappa shape index (κ1) is 15.4. The Bertz CT molecular complexity index is 803. The molecule has 7 heteroatoms. The summed E-state index contributed by atoms with van der Waals surface area (Å²) in [4.78, 5) is 2.18. The molecule has 24 heavy (non-hydrogen) atoms. The molecule has 0 spiro atoms. The maximum absolute atomic E-state index is 6.21. The summed E-state index contributed by atoms with van der Waals surface area (Å²) in [5, 5.41) is 9.21. The zero-order valence-electron chi connectivity index (χ0n) is 13.0. The van der Waals surface area contributed by atoms with Gasteiger partial charge in [0.05, 0.1) is 32.2 Å². The number of nitrogens with zero attached hydrogens (tertiary/aromatic N) is 4. The van der Waals surface area contributed by atoms with Crippen LogP contribution < -0.4 is 0 Å². The molecule has 0 bridgehead atoms. The van der Waals surface area contributed by atoms with E-state index < -0.39 is 0 Å². The predicted octanol–water partition coefficient (Wildman–Crippen LogP) is 3.10. The summed E-state index contributed by atoms with van der Waals surface area (Å²) in [5.74, 6) is 0.911. The summed E-state index contributed by atoms with van der Waals surface area (Å²) in [5.41, 5.74) is 1.81. The van der Waals surface area contributed by atoms with Crippen LogP contribution in [0.2, 0.25) is 5.02 Å². The highest BCUT2D eigenvalue weighted by atomic mass is 35.5. The third-order valence-electron chi connectivity index (χ3n) is 4.02. The average Bonchev–Trinajstić information content (AvgIpc) is 3.32. The van der Waals surface area contributed by atoms with E-state index in [0.717, 1.165) is 28.6 Å². The van der Waals surface area contributed by atoms with Gasteiger partial charge in [-0.2, -0.15) is 0 Å². The minimum atomic E-state index is -0.199. The van der Waals surface area contributed by atoms with Crippen molar-refractivity contribution in [1.82, 2.24) is 19.9 Å². The zero-order chi connectivity index (χ0) is 16.4. The number of rotatable bonds is 5. The van der Waals surface area contributed by atoms with Gasteiger partial charge in [0.2, 0.25) is 0 Å². The fourth-order valence-electron chi connectivity index (χ4n) is 2.85. The van der Waals surface area contributed by atoms with Gasteiger partial charge in [0.15, 0.2) is 6.23 Å². The average molecular weight is 345 g/mol. The lowest BCUT2D eigenvalue weighted by atomic mass is 10.2. The Morgan fingerprint density at radius 1 is 1.17 bits per heavy atom. The number of aromatic nitrogens is 3. The summed E-state index contributed by atoms with van der Waals surface area (Å²) in [6, 6.07) is 11.6. The lowest BCUT2D eigenvalue weighted by Crippen LogP contribution is -2.23. The first-order valence-electron chi connectivity index (χ1n) is 7.81. The fourth-order valence-corrected chi connectivity index (χ4v) is 3.04. The molecule has 0 N–H and O–H groups in total. The first-order valence-corrected chi connectivity index (χ1v) is 8.19. The monoisotopic (exact) mass is 344 g/mol. The van der Waals surface area contributed by atoms with Crippen molar-refractivity contribution in [3.63, 3.8) is 0 Å². The van der Waals surface area contributed by atoms with Gasteiger partial charge in [-0.05, 0) is 23.8 Å². The Morgan fingerprint density at radius 2 is 2.08 bits per heavy atom. The van der Waals surface area contributed by atoms with Crippen LogP contribution in [0.15, 0.2) is 53.3 Å². The molecule has 1 saturated heterocycles. The van der Waals surface area contributed by atoms with Crippen molar-refractivity contribution in [3.8, 4) is 0 Å². The standard InChI is InChI=1S/C17H17ClN4O2/c18-15-6-2-1-4-13(15)10-22-12-16(19-20-22)17-21(7-9-24-17)11-14-5-3-8-23-14/h1-6,8,12,17H,7,9-11H2/t17-/m0/s1. The molecule has 1 aromatic carbocycles. The van der Waals surface area contributed by atoms with Gasteiger partial charge < -0.3 is 9.15 Å². The molecule has 4 rings (SSSR count). The van der Waals surface area contributed by atoms with E-state index in [9.17, 15) is 0 Å². The number of benzene rings is 1. The van der Waals surface area contributed by atoms with Crippen LogP contribution in [0.5, 0.6) is 0 Å². The van der Waals surface area contributed by atoms with Gasteiger partial charge in [-0.25, -0.2) is 4.68 Å². The van der Waals surface area contributed by atoms with E-state index in [4.69, 9.17) is 20.8 Å². The van der Waals surface area contributed by atoms with Crippen molar-refractivity contribution in [2.24, 2.45) is 0 Å². The minimum Gasteiger partial charge on any atom is -0.468 e. The van der Waals surface area contributed by atoms with Gasteiger partial charge in [0.1, 0.15) is 11.5 Å². The summed E-state index contributed by atoms with van der Waals surface area (Å²) < 4.78 is 13.0. The van der Waals surface area contributed by atoms with E-state index in [1.54, 1.807) is 10.9 Å². The topological polar surface area (TPSA) is 56.3 Å². The van der Waals surface area contributed by atoms with Crippen LogP contribution in [-0.2, 0) is 17.8 Å². The Kier molecular flexibility index (Phi) is 4.34. The van der Waals surface area contributed by atoms with Crippen LogP contribution in [0.1, 0.15) is 23.2 Å². The summed E-state index contributed by atoms with van der Waals surface area (Å²) in [7, 11) is 0. The van der Waals surface area contributed by atoms with Crippen LogP contribution in [0.3, 0.4) is 0 Å². The Hall–Kier alpha value is -2.15. The molecule has 1 aliphatic rings. The van der Waals surface area contributed by atoms with Crippen molar-refractivity contribution >= 4 is 11.6 Å². The van der Waals surface area contributed by atoms with Crippen molar-refractivity contribution < 1.29 is 9.15 Å². The largest absolute Gasteiger partial charge is 0.468 e. The lowest BCUT2D eigenvalue weighted by molar-refractivity contribution is 0.0223. The van der Waals surface area contributed by atoms with Gasteiger partial charge in [-0.3, -0.25) is 4.90 Å². The predicted molar refractivity (Wildman–Crippen MR) is 88.4 cm³/mol. The van der Waals surface area contributed by atoms with Crippen molar-refractivity contribution in [3.05, 3.63) is 70.9 Å². The molecule has 0 unspecified atom stereocenters. The summed E-state index contributed by atoms with van der Waals surface area (Å²) >= 11 is 6.21. The van der Waals surface area contributed by atoms with Crippen LogP contribution in [0, 0.1) is 0 Å². The van der Waals surface area contributed by atoms with E-state index in [1.165, 1.54) is 0 Å². The molecule has 1 fully saturated rings. The lowest BCUT2D eigenvalue weighted by Gasteiger charge is -2.19. The maximum Gasteiger partial charge on any atom is 0.157 e. The smallest absolute Gasteiger partial charge is 0.157 e. The van der Waals surface area contributed by atoms with Crippen molar-refractivity contribution in [1.29, 1.82) is 0 Å². The number of ether oxygens (including phenoxy) is 1. The quantitative estimate of drug-likeness (QED) is 0.712. The van der Waals surface area contributed by atoms with E-state index >= 15 is 0 Å². The van der Waals surface area contributed by atoms with E-state index in [-0.39, 0.29) is 6.23 Å². The molecule has 1 atom stereocenters. The minimum absolute atomic E-state index is 0.199. The van der Waals surface area contributed by atoms with E-state index in [0.29, 0.717) is 19.7 Å². The molecule has 124 valence electrons. The molecule has 1 aliphatic heterocycles. The van der Waals surface area contributed by atoms with E-state index in [2.05, 4.69) is 15.2 Å². The molecule has 3 heterocycles. The maximum atomic E-state index is 6.21. The Morgan fingerprint density at radius 3 is 2.92 bits per heavy atom. The SMILES string of the molecule is Clc1ccccc1Cn1cc([C@@H]2OCCN2Cc2ccco2)nn1. The number of hydrogen-bond acceptors (Lipinski definition) is 5. The Balaban J connectivity index is 1.48. The van der Waals surface area contributed by atoms with Crippen molar-refractivity contribution in [2.75, 3.05) is 13.2 Å². The van der Waals surface area contributed by atoms with Gasteiger partial charge in [-0.15, -0.1) is 5.10 Å². The fraction of sp³-hybridized carbons (Fsp3) is 0.294. The molecule has 0 saturated carbocycles. The number of halogens is 1. The number of furan rings is 1. The molecule has 3 aromatic rings. The molecule has 6 nitrogen and oxygen atoms in total. The third kappa shape index (κ3) is 3.21. The molecular formula is C17H17ClN4O2. The summed E-state index contributed by atoms with van der Waals surface area (Å²) in [6.07, 6.45) is 3.39. The molecule has 0 amide bonds. The van der Waals surface area contributed by atoms with Crippen LogP contribution in [0.4, 0.5) is 0 Å². The van der Waals surface area contributed by atoms with Crippen LogP contribution in [0.25, 0.3) is 0 Å². The second kappa shape index (κ2) is 6.76. The second-order valence-corrected chi connectivity index (χ2v) is 6.11. The zero-order valence-corrected chi connectivity index (χ0v) is 13.8. The highest BCUT2D eigenvalue weighted by Gasteiger charge is 2.30. The van der Waals surface area contributed by atoms with E-state index in [1.807, 2.05) is 42.6 Å². The molecular weight excluding hydrogens is 328 g/mol. The molecule has 2 aromatic heterocycles.